The Hall–Kier alpha value is -0.340. The Kier molecular flexibility index (Phi) is 3.05. The number of rotatable bonds is 0. The van der Waals surface area contributed by atoms with E-state index in [1.807, 2.05) is 6.08 Å². The highest BCUT2D eigenvalue weighted by Crippen LogP contribution is 2.61. The smallest absolute Gasteiger partial charge is 0.0723 e. The van der Waals surface area contributed by atoms with Crippen LogP contribution in [0.1, 0.15) is 51.9 Å². The average Bonchev–Trinajstić information content (AvgIpc) is 2.74. The molecule has 0 aliphatic heterocycles. The van der Waals surface area contributed by atoms with E-state index in [4.69, 9.17) is 0 Å². The summed E-state index contributed by atoms with van der Waals surface area (Å²) in [6, 6.07) is 0. The van der Waals surface area contributed by atoms with Crippen molar-refractivity contribution >= 4 is 0 Å². The van der Waals surface area contributed by atoms with Crippen LogP contribution >= 0.6 is 0 Å². The Morgan fingerprint density at radius 1 is 0.950 bits per heavy atom. The van der Waals surface area contributed by atoms with Crippen LogP contribution in [0, 0.1) is 35.0 Å². The molecule has 3 fully saturated rings. The fourth-order valence-electron chi connectivity index (χ4n) is 6.35. The van der Waals surface area contributed by atoms with Crippen molar-refractivity contribution in [2.75, 3.05) is 0 Å². The summed E-state index contributed by atoms with van der Waals surface area (Å²) in [4.78, 5) is 0. The molecule has 3 saturated carbocycles. The zero-order valence-corrected chi connectivity index (χ0v) is 12.5. The highest BCUT2D eigenvalue weighted by Gasteiger charge is 2.56. The minimum Gasteiger partial charge on any atom is -0.393 e. The van der Waals surface area contributed by atoms with Gasteiger partial charge in [0, 0.05) is 0 Å². The molecule has 0 aromatic carbocycles. The van der Waals surface area contributed by atoms with Gasteiger partial charge in [0.1, 0.15) is 0 Å². The Morgan fingerprint density at radius 2 is 1.80 bits per heavy atom. The predicted octanol–water partition coefficient (Wildman–Crippen LogP) is 3.14. The summed E-state index contributed by atoms with van der Waals surface area (Å²) >= 11 is 0. The first-order valence-electron chi connectivity index (χ1n) is 8.64. The van der Waals surface area contributed by atoms with Gasteiger partial charge in [0.05, 0.1) is 12.2 Å². The van der Waals surface area contributed by atoms with Gasteiger partial charge in [-0.3, -0.25) is 0 Å². The Labute approximate surface area is 122 Å². The van der Waals surface area contributed by atoms with E-state index in [-0.39, 0.29) is 17.6 Å². The first kappa shape index (κ1) is 13.3. The maximum Gasteiger partial charge on any atom is 0.0723 e. The number of allylic oxidation sites excluding steroid dienone is 1. The molecule has 8 atom stereocenters. The number of hydrogen-bond acceptors (Lipinski definition) is 2. The number of aliphatic hydroxyl groups is 2. The van der Waals surface area contributed by atoms with Crippen LogP contribution in [0.5, 0.6) is 0 Å². The van der Waals surface area contributed by atoms with E-state index in [9.17, 15) is 10.2 Å². The summed E-state index contributed by atoms with van der Waals surface area (Å²) in [7, 11) is 0. The van der Waals surface area contributed by atoms with Gasteiger partial charge < -0.3 is 10.2 Å². The number of hydrogen-bond donors (Lipinski definition) is 2. The van der Waals surface area contributed by atoms with E-state index in [1.54, 1.807) is 0 Å². The van der Waals surface area contributed by atoms with Gasteiger partial charge in [-0.1, -0.05) is 19.1 Å². The van der Waals surface area contributed by atoms with E-state index in [0.717, 1.165) is 30.6 Å². The van der Waals surface area contributed by atoms with E-state index in [2.05, 4.69) is 13.0 Å². The summed E-state index contributed by atoms with van der Waals surface area (Å²) in [6.45, 7) is 2.35. The highest BCUT2D eigenvalue weighted by molar-refractivity contribution is 5.11. The molecule has 2 nitrogen and oxygen atoms in total. The number of fused-ring (bicyclic) bond motifs is 5. The first-order chi connectivity index (χ1) is 9.59. The van der Waals surface area contributed by atoms with E-state index in [1.165, 1.54) is 32.1 Å². The summed E-state index contributed by atoms with van der Waals surface area (Å²) in [5, 5.41) is 20.2. The molecule has 4 aliphatic rings. The molecule has 0 radical (unpaired) electrons. The SMILES string of the molecule is CC12CCC3C4C=CC(O)CC4CCC3C1CC[C@@H]2O. The average molecular weight is 276 g/mol. The molecule has 4 aliphatic carbocycles. The van der Waals surface area contributed by atoms with Gasteiger partial charge in [0.15, 0.2) is 0 Å². The molecular formula is C18H28O2. The van der Waals surface area contributed by atoms with Crippen LogP contribution in [0.25, 0.3) is 0 Å². The minimum absolute atomic E-state index is 0.0603. The second kappa shape index (κ2) is 4.58. The van der Waals surface area contributed by atoms with Gasteiger partial charge in [-0.25, -0.2) is 0 Å². The van der Waals surface area contributed by atoms with Crippen molar-refractivity contribution in [2.45, 2.75) is 64.1 Å². The summed E-state index contributed by atoms with van der Waals surface area (Å²) in [5.41, 5.74) is 0.200. The van der Waals surface area contributed by atoms with Crippen molar-refractivity contribution in [1.82, 2.24) is 0 Å². The van der Waals surface area contributed by atoms with Crippen molar-refractivity contribution in [3.05, 3.63) is 12.2 Å². The maximum absolute atomic E-state index is 10.4. The second-order valence-corrected chi connectivity index (χ2v) is 8.17. The van der Waals surface area contributed by atoms with E-state index < -0.39 is 0 Å². The molecule has 0 spiro atoms. The zero-order chi connectivity index (χ0) is 13.9. The van der Waals surface area contributed by atoms with Crippen LogP contribution in [0.3, 0.4) is 0 Å². The molecule has 4 rings (SSSR count). The van der Waals surface area contributed by atoms with Crippen molar-refractivity contribution in [2.24, 2.45) is 35.0 Å². The molecule has 2 heteroatoms. The van der Waals surface area contributed by atoms with Crippen molar-refractivity contribution in [1.29, 1.82) is 0 Å². The Bertz CT molecular complexity index is 418. The molecule has 0 amide bonds. The van der Waals surface area contributed by atoms with Gasteiger partial charge >= 0.3 is 0 Å². The lowest BCUT2D eigenvalue weighted by Gasteiger charge is -2.54. The van der Waals surface area contributed by atoms with Crippen molar-refractivity contribution in [3.63, 3.8) is 0 Å². The van der Waals surface area contributed by atoms with E-state index >= 15 is 0 Å². The van der Waals surface area contributed by atoms with Crippen LogP contribution in [0.2, 0.25) is 0 Å². The first-order valence-corrected chi connectivity index (χ1v) is 8.64. The molecule has 0 saturated heterocycles. The van der Waals surface area contributed by atoms with Crippen LogP contribution in [0.15, 0.2) is 12.2 Å². The van der Waals surface area contributed by atoms with Gasteiger partial charge in [0.2, 0.25) is 0 Å². The third-order valence-corrected chi connectivity index (χ3v) is 7.45. The Balaban J connectivity index is 1.61. The van der Waals surface area contributed by atoms with Crippen LogP contribution in [0.4, 0.5) is 0 Å². The fourth-order valence-corrected chi connectivity index (χ4v) is 6.35. The third kappa shape index (κ3) is 1.77. The topological polar surface area (TPSA) is 40.5 Å². The molecule has 0 bridgehead atoms. The fraction of sp³-hybridized carbons (Fsp3) is 0.889. The lowest BCUT2D eigenvalue weighted by molar-refractivity contribution is -0.0703. The Morgan fingerprint density at radius 3 is 2.65 bits per heavy atom. The van der Waals surface area contributed by atoms with Crippen molar-refractivity contribution < 1.29 is 10.2 Å². The van der Waals surface area contributed by atoms with Crippen LogP contribution < -0.4 is 0 Å². The minimum atomic E-state index is -0.199. The maximum atomic E-state index is 10.4. The molecule has 2 N–H and O–H groups in total. The molecule has 0 aromatic heterocycles. The number of aliphatic hydroxyl groups excluding tert-OH is 2. The lowest BCUT2D eigenvalue weighted by Crippen LogP contribution is -2.48. The van der Waals surface area contributed by atoms with Crippen LogP contribution in [-0.4, -0.2) is 22.4 Å². The molecule has 7 unspecified atom stereocenters. The standard InChI is InChI=1S/C18H28O2/c1-18-9-8-14-13-5-3-12(19)10-11(13)2-4-15(14)16(18)6-7-17(18)20/h3,5,11-17,19-20H,2,4,6-10H2,1H3/t11?,12?,13?,14?,15?,16?,17-,18?/m0/s1. The predicted molar refractivity (Wildman–Crippen MR) is 79.0 cm³/mol. The molecular weight excluding hydrogens is 248 g/mol. The van der Waals surface area contributed by atoms with Gasteiger partial charge in [-0.2, -0.15) is 0 Å². The van der Waals surface area contributed by atoms with Crippen molar-refractivity contribution in [3.8, 4) is 0 Å². The lowest BCUT2D eigenvalue weighted by atomic mass is 9.51. The van der Waals surface area contributed by atoms with Gasteiger partial charge in [-0.05, 0) is 80.0 Å². The van der Waals surface area contributed by atoms with E-state index in [0.29, 0.717) is 11.8 Å². The van der Waals surface area contributed by atoms with Gasteiger partial charge in [-0.15, -0.1) is 0 Å². The molecule has 0 aromatic rings. The molecule has 0 heterocycles. The normalized spacial score (nSPS) is 57.9. The summed E-state index contributed by atoms with van der Waals surface area (Å²) in [6.07, 6.45) is 12.5. The molecule has 112 valence electrons. The monoisotopic (exact) mass is 276 g/mol. The summed E-state index contributed by atoms with van der Waals surface area (Å²) < 4.78 is 0. The molecule has 20 heavy (non-hydrogen) atoms. The highest BCUT2D eigenvalue weighted by atomic mass is 16.3. The zero-order valence-electron chi connectivity index (χ0n) is 12.5. The van der Waals surface area contributed by atoms with Crippen LogP contribution in [-0.2, 0) is 0 Å². The second-order valence-electron chi connectivity index (χ2n) is 8.17. The quantitative estimate of drug-likeness (QED) is 0.667. The van der Waals surface area contributed by atoms with Gasteiger partial charge in [0.25, 0.3) is 0 Å². The summed E-state index contributed by atoms with van der Waals surface area (Å²) in [5.74, 6) is 3.82. The third-order valence-electron chi connectivity index (χ3n) is 7.45. The largest absolute Gasteiger partial charge is 0.393 e.